The number of hydrogen-bond acceptors (Lipinski definition) is 6. The number of benzene rings is 2. The summed E-state index contributed by atoms with van der Waals surface area (Å²) in [6, 6.07) is 15.9. The molecule has 7 nitrogen and oxygen atoms in total. The quantitative estimate of drug-likeness (QED) is 0.587. The largest absolute Gasteiger partial charge is 0.417 e. The molecule has 1 N–H and O–H groups in total. The second-order valence-electron chi connectivity index (χ2n) is 7.45. The number of fused-ring (bicyclic) bond motifs is 1. The highest BCUT2D eigenvalue weighted by Crippen LogP contribution is 2.33. The maximum absolute atomic E-state index is 11.3. The van der Waals surface area contributed by atoms with Crippen LogP contribution in [0.5, 0.6) is 0 Å². The summed E-state index contributed by atoms with van der Waals surface area (Å²) in [4.78, 5) is 21.0. The van der Waals surface area contributed by atoms with Crippen molar-refractivity contribution >= 4 is 11.1 Å². The third kappa shape index (κ3) is 3.14. The fourth-order valence-corrected chi connectivity index (χ4v) is 3.95. The van der Waals surface area contributed by atoms with Gasteiger partial charge in [0.05, 0.1) is 11.4 Å². The minimum Gasteiger partial charge on any atom is -0.408 e. The van der Waals surface area contributed by atoms with Gasteiger partial charge in [0.1, 0.15) is 0 Å². The molecule has 0 saturated carbocycles. The van der Waals surface area contributed by atoms with Crippen LogP contribution in [0, 0.1) is 5.92 Å². The average Bonchev–Trinajstić information content (AvgIpc) is 3.39. The van der Waals surface area contributed by atoms with Crippen molar-refractivity contribution in [3.05, 3.63) is 70.5 Å². The SMILES string of the molecule is CC1CN(Cc2ccccc2)CC1c1nc(-c2ccc3[nH]c(=O)oc3c2)no1. The molecular formula is C21H20N4O3. The van der Waals surface area contributed by atoms with Crippen LogP contribution in [-0.4, -0.2) is 33.1 Å². The van der Waals surface area contributed by atoms with Crippen molar-refractivity contribution in [1.29, 1.82) is 0 Å². The molecule has 0 bridgehead atoms. The normalized spacial score (nSPS) is 20.2. The van der Waals surface area contributed by atoms with Gasteiger partial charge in [-0.05, 0) is 29.7 Å². The Labute approximate surface area is 161 Å². The van der Waals surface area contributed by atoms with Gasteiger partial charge in [-0.1, -0.05) is 42.4 Å². The van der Waals surface area contributed by atoms with Gasteiger partial charge in [0.25, 0.3) is 0 Å². The number of aromatic nitrogens is 3. The van der Waals surface area contributed by atoms with E-state index >= 15 is 0 Å². The zero-order valence-corrected chi connectivity index (χ0v) is 15.5. The predicted octanol–water partition coefficient (Wildman–Crippen LogP) is 3.41. The summed E-state index contributed by atoms with van der Waals surface area (Å²) < 4.78 is 10.7. The Morgan fingerprint density at radius 3 is 2.89 bits per heavy atom. The molecule has 7 heteroatoms. The first-order valence-electron chi connectivity index (χ1n) is 9.39. The molecular weight excluding hydrogens is 356 g/mol. The third-order valence-electron chi connectivity index (χ3n) is 5.38. The number of likely N-dealkylation sites (tertiary alicyclic amines) is 1. The lowest BCUT2D eigenvalue weighted by Gasteiger charge is -2.15. The standard InChI is InChI=1S/C21H20N4O3/c1-13-10-25(11-14-5-3-2-4-6-14)12-16(13)20-23-19(24-28-20)15-7-8-17-18(9-15)27-21(26)22-17/h2-9,13,16H,10-12H2,1H3,(H,22,26). The first-order valence-corrected chi connectivity index (χ1v) is 9.39. The highest BCUT2D eigenvalue weighted by Gasteiger charge is 2.34. The molecule has 4 aromatic rings. The Balaban J connectivity index is 1.35. The lowest BCUT2D eigenvalue weighted by molar-refractivity contribution is 0.309. The van der Waals surface area contributed by atoms with Crippen LogP contribution in [0.3, 0.4) is 0 Å². The zero-order valence-electron chi connectivity index (χ0n) is 15.5. The van der Waals surface area contributed by atoms with Gasteiger partial charge in [-0.25, -0.2) is 4.79 Å². The molecule has 28 heavy (non-hydrogen) atoms. The van der Waals surface area contributed by atoms with Gasteiger partial charge in [0.15, 0.2) is 5.58 Å². The van der Waals surface area contributed by atoms with Gasteiger partial charge in [-0.2, -0.15) is 4.98 Å². The second kappa shape index (κ2) is 6.76. The summed E-state index contributed by atoms with van der Waals surface area (Å²) in [7, 11) is 0. The number of rotatable bonds is 4. The molecule has 0 amide bonds. The van der Waals surface area contributed by atoms with Gasteiger partial charge in [0.2, 0.25) is 11.7 Å². The molecule has 1 aliphatic rings. The number of oxazole rings is 1. The van der Waals surface area contributed by atoms with E-state index in [0.717, 1.165) is 25.2 Å². The molecule has 142 valence electrons. The van der Waals surface area contributed by atoms with Crippen molar-refractivity contribution in [2.45, 2.75) is 19.4 Å². The summed E-state index contributed by atoms with van der Waals surface area (Å²) >= 11 is 0. The predicted molar refractivity (Wildman–Crippen MR) is 104 cm³/mol. The lowest BCUT2D eigenvalue weighted by atomic mass is 9.98. The molecule has 0 aliphatic carbocycles. The second-order valence-corrected chi connectivity index (χ2v) is 7.45. The summed E-state index contributed by atoms with van der Waals surface area (Å²) in [6.07, 6.45) is 0. The van der Waals surface area contributed by atoms with Crippen LogP contribution in [-0.2, 0) is 6.54 Å². The Bertz CT molecular complexity index is 1160. The van der Waals surface area contributed by atoms with Crippen LogP contribution < -0.4 is 5.76 Å². The topological polar surface area (TPSA) is 88.2 Å². The molecule has 0 radical (unpaired) electrons. The Kier molecular flexibility index (Phi) is 4.09. The number of H-pyrrole nitrogens is 1. The first-order chi connectivity index (χ1) is 13.7. The van der Waals surface area contributed by atoms with E-state index in [1.807, 2.05) is 12.1 Å². The van der Waals surface area contributed by atoms with Crippen LogP contribution in [0.2, 0.25) is 0 Å². The molecule has 1 saturated heterocycles. The molecule has 1 aliphatic heterocycles. The van der Waals surface area contributed by atoms with Gasteiger partial charge < -0.3 is 8.94 Å². The Morgan fingerprint density at radius 2 is 2.04 bits per heavy atom. The molecule has 0 spiro atoms. The summed E-state index contributed by atoms with van der Waals surface area (Å²) in [5.41, 5.74) is 3.20. The van der Waals surface area contributed by atoms with Crippen LogP contribution in [0.1, 0.15) is 24.3 Å². The van der Waals surface area contributed by atoms with Crippen LogP contribution in [0.4, 0.5) is 0 Å². The molecule has 2 atom stereocenters. The smallest absolute Gasteiger partial charge is 0.408 e. The fourth-order valence-electron chi connectivity index (χ4n) is 3.95. The zero-order chi connectivity index (χ0) is 19.1. The van der Waals surface area contributed by atoms with E-state index in [-0.39, 0.29) is 5.92 Å². The molecule has 1 fully saturated rings. The highest BCUT2D eigenvalue weighted by molar-refractivity contribution is 5.77. The van der Waals surface area contributed by atoms with Gasteiger partial charge >= 0.3 is 5.76 Å². The average molecular weight is 376 g/mol. The number of nitrogens with one attached hydrogen (secondary N) is 1. The van der Waals surface area contributed by atoms with E-state index in [4.69, 9.17) is 8.94 Å². The highest BCUT2D eigenvalue weighted by atomic mass is 16.5. The fraction of sp³-hybridized carbons (Fsp3) is 0.286. The van der Waals surface area contributed by atoms with E-state index in [1.54, 1.807) is 12.1 Å². The molecule has 2 unspecified atom stereocenters. The summed E-state index contributed by atoms with van der Waals surface area (Å²) in [5.74, 6) is 1.34. The van der Waals surface area contributed by atoms with Crippen molar-refractivity contribution in [3.63, 3.8) is 0 Å². The Hall–Kier alpha value is -3.19. The van der Waals surface area contributed by atoms with Crippen molar-refractivity contribution in [1.82, 2.24) is 20.0 Å². The van der Waals surface area contributed by atoms with Crippen molar-refractivity contribution in [2.24, 2.45) is 5.92 Å². The van der Waals surface area contributed by atoms with Crippen LogP contribution in [0.25, 0.3) is 22.5 Å². The molecule has 2 aromatic carbocycles. The molecule has 2 aromatic heterocycles. The van der Waals surface area contributed by atoms with E-state index in [0.29, 0.717) is 28.7 Å². The minimum atomic E-state index is -0.473. The van der Waals surface area contributed by atoms with Crippen LogP contribution >= 0.6 is 0 Å². The maximum atomic E-state index is 11.3. The van der Waals surface area contributed by atoms with E-state index in [9.17, 15) is 4.79 Å². The first kappa shape index (κ1) is 16.9. The monoisotopic (exact) mass is 376 g/mol. The van der Waals surface area contributed by atoms with Crippen molar-refractivity contribution < 1.29 is 8.94 Å². The summed E-state index contributed by atoms with van der Waals surface area (Å²) in [6.45, 7) is 5.03. The van der Waals surface area contributed by atoms with Crippen molar-refractivity contribution in [3.8, 4) is 11.4 Å². The van der Waals surface area contributed by atoms with Crippen LogP contribution in [0.15, 0.2) is 62.3 Å². The maximum Gasteiger partial charge on any atom is 0.417 e. The van der Waals surface area contributed by atoms with Gasteiger partial charge in [-0.3, -0.25) is 9.88 Å². The minimum absolute atomic E-state index is 0.207. The molecule has 5 rings (SSSR count). The number of hydrogen-bond donors (Lipinski definition) is 1. The lowest BCUT2D eigenvalue weighted by Crippen LogP contribution is -2.20. The number of aromatic amines is 1. The van der Waals surface area contributed by atoms with E-state index < -0.39 is 5.76 Å². The number of nitrogens with zero attached hydrogens (tertiary/aromatic N) is 3. The summed E-state index contributed by atoms with van der Waals surface area (Å²) in [5, 5.41) is 4.15. The van der Waals surface area contributed by atoms with E-state index in [1.165, 1.54) is 5.56 Å². The molecule has 3 heterocycles. The Morgan fingerprint density at radius 1 is 1.18 bits per heavy atom. The van der Waals surface area contributed by atoms with Crippen molar-refractivity contribution in [2.75, 3.05) is 13.1 Å². The van der Waals surface area contributed by atoms with Gasteiger partial charge in [0, 0.05) is 25.2 Å². The van der Waals surface area contributed by atoms with E-state index in [2.05, 4.69) is 51.2 Å². The third-order valence-corrected chi connectivity index (χ3v) is 5.38. The van der Waals surface area contributed by atoms with Gasteiger partial charge in [-0.15, -0.1) is 0 Å².